The van der Waals surface area contributed by atoms with E-state index < -0.39 is 0 Å². The van der Waals surface area contributed by atoms with Crippen molar-refractivity contribution in [3.63, 3.8) is 0 Å². The third-order valence-electron chi connectivity index (χ3n) is 5.46. The maximum atomic E-state index is 12.5. The molecule has 2 amide bonds. The van der Waals surface area contributed by atoms with E-state index in [9.17, 15) is 9.59 Å². The summed E-state index contributed by atoms with van der Waals surface area (Å²) in [5, 5.41) is 6.66. The predicted octanol–water partition coefficient (Wildman–Crippen LogP) is 4.19. The fourth-order valence-electron chi connectivity index (χ4n) is 3.52. The molecular weight excluding hydrogens is 385 g/mol. The van der Waals surface area contributed by atoms with Gasteiger partial charge in [0, 0.05) is 6.04 Å². The van der Waals surface area contributed by atoms with Crippen LogP contribution < -0.4 is 10.6 Å². The van der Waals surface area contributed by atoms with Crippen molar-refractivity contribution < 1.29 is 9.59 Å². The summed E-state index contributed by atoms with van der Waals surface area (Å²) < 4.78 is 0. The monoisotopic (exact) mass is 413 g/mol. The number of carbonyl (C=O) groups is 2. The van der Waals surface area contributed by atoms with Crippen molar-refractivity contribution in [2.75, 3.05) is 25.0 Å². The molecule has 0 radical (unpaired) electrons. The highest BCUT2D eigenvalue weighted by atomic mass is 35.5. The number of para-hydroxylation sites is 1. The Balaban J connectivity index is 1.87. The minimum absolute atomic E-state index is 0.0358. The fraction of sp³-hybridized carbons (Fsp3) is 0.600. The molecule has 0 bridgehead atoms. The first kappa shape index (κ1) is 22.0. The van der Waals surface area contributed by atoms with Gasteiger partial charge in [-0.25, -0.2) is 0 Å². The van der Waals surface area contributed by atoms with Crippen molar-refractivity contribution in [1.82, 2.24) is 10.2 Å². The second-order valence-electron chi connectivity index (χ2n) is 7.39. The van der Waals surface area contributed by atoms with E-state index in [1.807, 2.05) is 6.92 Å². The zero-order valence-electron chi connectivity index (χ0n) is 16.2. The smallest absolute Gasteiger partial charge is 0.238 e. The fourth-order valence-corrected chi connectivity index (χ4v) is 4.01. The number of halogens is 2. The van der Waals surface area contributed by atoms with Gasteiger partial charge in [-0.3, -0.25) is 14.5 Å². The van der Waals surface area contributed by atoms with E-state index in [1.54, 1.807) is 23.1 Å². The van der Waals surface area contributed by atoms with Gasteiger partial charge >= 0.3 is 0 Å². The van der Waals surface area contributed by atoms with E-state index in [4.69, 9.17) is 23.2 Å². The molecule has 1 aromatic rings. The lowest BCUT2D eigenvalue weighted by molar-refractivity contribution is -0.124. The van der Waals surface area contributed by atoms with Crippen LogP contribution in [0.4, 0.5) is 5.69 Å². The first-order chi connectivity index (χ1) is 12.8. The van der Waals surface area contributed by atoms with Gasteiger partial charge in [0.05, 0.1) is 28.8 Å². The van der Waals surface area contributed by atoms with E-state index >= 15 is 0 Å². The summed E-state index contributed by atoms with van der Waals surface area (Å²) >= 11 is 12.2. The summed E-state index contributed by atoms with van der Waals surface area (Å²) in [4.78, 5) is 26.6. The second-order valence-corrected chi connectivity index (χ2v) is 8.20. The maximum absolute atomic E-state index is 12.5. The molecule has 1 aromatic carbocycles. The Kier molecular flexibility index (Phi) is 8.39. The molecule has 27 heavy (non-hydrogen) atoms. The standard InChI is InChI=1S/C20H29Cl2N3O2/c1-4-25(11-18(26)23-17-10-5-7-13(2)14(17)3)12-19(27)24-20-15(21)8-6-9-16(20)22/h6,8-9,13-14,17H,4-5,7,10-12H2,1-3H3,(H,23,26)(H,24,27)/t13-,14-,17-/m1/s1. The summed E-state index contributed by atoms with van der Waals surface area (Å²) in [5.74, 6) is 0.812. The highest BCUT2D eigenvalue weighted by Gasteiger charge is 2.28. The SMILES string of the molecule is CCN(CC(=O)Nc1c(Cl)cccc1Cl)CC(=O)N[C@@H]1CCC[C@@H](C)[C@H]1C. The minimum atomic E-state index is -0.251. The molecule has 3 atom stereocenters. The summed E-state index contributed by atoms with van der Waals surface area (Å²) in [6, 6.07) is 5.27. The number of benzene rings is 1. The first-order valence-electron chi connectivity index (χ1n) is 9.57. The van der Waals surface area contributed by atoms with Crippen LogP contribution in [0.15, 0.2) is 18.2 Å². The molecule has 0 unspecified atom stereocenters. The first-order valence-corrected chi connectivity index (χ1v) is 10.3. The molecule has 0 heterocycles. The quantitative estimate of drug-likeness (QED) is 0.703. The molecule has 0 aromatic heterocycles. The summed E-state index contributed by atoms with van der Waals surface area (Å²) in [6.07, 6.45) is 3.39. The highest BCUT2D eigenvalue weighted by Crippen LogP contribution is 2.30. The summed E-state index contributed by atoms with van der Waals surface area (Å²) in [5.41, 5.74) is 0.399. The number of carbonyl (C=O) groups excluding carboxylic acids is 2. The number of nitrogens with one attached hydrogen (secondary N) is 2. The molecule has 1 fully saturated rings. The Morgan fingerprint density at radius 1 is 1.11 bits per heavy atom. The van der Waals surface area contributed by atoms with Gasteiger partial charge < -0.3 is 10.6 Å². The van der Waals surface area contributed by atoms with Crippen molar-refractivity contribution in [2.45, 2.75) is 46.1 Å². The van der Waals surface area contributed by atoms with Gasteiger partial charge in [0.25, 0.3) is 0 Å². The summed E-state index contributed by atoms with van der Waals surface area (Å²) in [6.45, 7) is 7.25. The van der Waals surface area contributed by atoms with E-state index in [0.717, 1.165) is 12.8 Å². The van der Waals surface area contributed by atoms with Crippen molar-refractivity contribution in [2.24, 2.45) is 11.8 Å². The van der Waals surface area contributed by atoms with Gasteiger partial charge in [-0.05, 0) is 36.9 Å². The lowest BCUT2D eigenvalue weighted by atomic mass is 9.78. The highest BCUT2D eigenvalue weighted by molar-refractivity contribution is 6.39. The molecule has 1 saturated carbocycles. The third kappa shape index (κ3) is 6.37. The van der Waals surface area contributed by atoms with Crippen molar-refractivity contribution in [3.8, 4) is 0 Å². The molecule has 150 valence electrons. The van der Waals surface area contributed by atoms with Crippen molar-refractivity contribution >= 4 is 40.7 Å². The van der Waals surface area contributed by atoms with Crippen LogP contribution in [-0.4, -0.2) is 42.4 Å². The predicted molar refractivity (Wildman–Crippen MR) is 111 cm³/mol. The zero-order valence-corrected chi connectivity index (χ0v) is 17.7. The van der Waals surface area contributed by atoms with Crippen molar-refractivity contribution in [1.29, 1.82) is 0 Å². The second kappa shape index (κ2) is 10.3. The van der Waals surface area contributed by atoms with Gasteiger partial charge in [0.2, 0.25) is 11.8 Å². The Morgan fingerprint density at radius 2 is 1.74 bits per heavy atom. The Hall–Kier alpha value is -1.30. The normalized spacial score (nSPS) is 22.5. The molecule has 2 rings (SSSR count). The number of amides is 2. The maximum Gasteiger partial charge on any atom is 0.238 e. The van der Waals surface area contributed by atoms with Crippen LogP contribution in [-0.2, 0) is 9.59 Å². The van der Waals surface area contributed by atoms with Crippen LogP contribution >= 0.6 is 23.2 Å². The number of nitrogens with zero attached hydrogens (tertiary/aromatic N) is 1. The number of hydrogen-bond acceptors (Lipinski definition) is 3. The van der Waals surface area contributed by atoms with E-state index in [0.29, 0.717) is 34.1 Å². The minimum Gasteiger partial charge on any atom is -0.352 e. The Bertz CT molecular complexity index is 648. The van der Waals surface area contributed by atoms with Crippen molar-refractivity contribution in [3.05, 3.63) is 28.2 Å². The molecule has 0 spiro atoms. The Labute approximate surface area is 171 Å². The van der Waals surface area contributed by atoms with Gasteiger partial charge in [-0.15, -0.1) is 0 Å². The molecule has 0 aliphatic heterocycles. The van der Waals surface area contributed by atoms with Crippen LogP contribution in [0.25, 0.3) is 0 Å². The van der Waals surface area contributed by atoms with Crippen LogP contribution in [0.1, 0.15) is 40.0 Å². The van der Waals surface area contributed by atoms with Crippen LogP contribution in [0.2, 0.25) is 10.0 Å². The zero-order chi connectivity index (χ0) is 20.0. The number of hydrogen-bond donors (Lipinski definition) is 2. The lowest BCUT2D eigenvalue weighted by Gasteiger charge is -2.35. The van der Waals surface area contributed by atoms with Gasteiger partial charge in [-0.1, -0.05) is 62.9 Å². The number of anilines is 1. The molecule has 1 aliphatic carbocycles. The average molecular weight is 414 g/mol. The number of rotatable bonds is 7. The Morgan fingerprint density at radius 3 is 2.37 bits per heavy atom. The van der Waals surface area contributed by atoms with Crippen LogP contribution in [0.5, 0.6) is 0 Å². The molecule has 7 heteroatoms. The van der Waals surface area contributed by atoms with Crippen LogP contribution in [0, 0.1) is 11.8 Å². The van der Waals surface area contributed by atoms with Gasteiger partial charge in [-0.2, -0.15) is 0 Å². The number of likely N-dealkylation sites (N-methyl/N-ethyl adjacent to an activating group) is 1. The van der Waals surface area contributed by atoms with E-state index in [1.165, 1.54) is 6.42 Å². The topological polar surface area (TPSA) is 61.4 Å². The molecule has 2 N–H and O–H groups in total. The van der Waals surface area contributed by atoms with Crippen LogP contribution in [0.3, 0.4) is 0 Å². The van der Waals surface area contributed by atoms with Gasteiger partial charge in [0.15, 0.2) is 0 Å². The molecule has 1 aliphatic rings. The van der Waals surface area contributed by atoms with Gasteiger partial charge in [0.1, 0.15) is 0 Å². The average Bonchev–Trinajstić information content (AvgIpc) is 2.61. The third-order valence-corrected chi connectivity index (χ3v) is 6.09. The lowest BCUT2D eigenvalue weighted by Crippen LogP contribution is -2.48. The van der Waals surface area contributed by atoms with E-state index in [2.05, 4.69) is 24.5 Å². The molecule has 0 saturated heterocycles. The van der Waals surface area contributed by atoms with E-state index in [-0.39, 0.29) is 30.9 Å². The molecular formula is C20H29Cl2N3O2. The molecule has 5 nitrogen and oxygen atoms in total. The summed E-state index contributed by atoms with van der Waals surface area (Å²) in [7, 11) is 0. The largest absolute Gasteiger partial charge is 0.352 e.